The molecule has 22 heavy (non-hydrogen) atoms. The minimum Gasteiger partial charge on any atom is -0.350 e. The van der Waals surface area contributed by atoms with E-state index in [-0.39, 0.29) is 5.91 Å². The highest BCUT2D eigenvalue weighted by molar-refractivity contribution is 5.81. The third-order valence-electron chi connectivity index (χ3n) is 3.28. The number of amides is 1. The summed E-state index contributed by atoms with van der Waals surface area (Å²) < 4.78 is 0. The fourth-order valence-corrected chi connectivity index (χ4v) is 1.93. The van der Waals surface area contributed by atoms with Gasteiger partial charge in [0.05, 0.1) is 23.9 Å². The van der Waals surface area contributed by atoms with Crippen LogP contribution in [0.25, 0.3) is 11.1 Å². The number of nitriles is 1. The first-order chi connectivity index (χ1) is 10.4. The number of rotatable bonds is 3. The van der Waals surface area contributed by atoms with Gasteiger partial charge in [0.2, 0.25) is 5.91 Å². The van der Waals surface area contributed by atoms with Crippen molar-refractivity contribution >= 4 is 5.91 Å². The summed E-state index contributed by atoms with van der Waals surface area (Å²) >= 11 is 0. The van der Waals surface area contributed by atoms with Gasteiger partial charge < -0.3 is 5.32 Å². The summed E-state index contributed by atoms with van der Waals surface area (Å²) in [7, 11) is 0. The van der Waals surface area contributed by atoms with E-state index in [1.54, 1.807) is 18.3 Å². The summed E-state index contributed by atoms with van der Waals surface area (Å²) in [6.45, 7) is 6.04. The molecule has 2 aromatic rings. The zero-order valence-corrected chi connectivity index (χ0v) is 13.1. The number of hydrogen-bond acceptors (Lipinski definition) is 3. The summed E-state index contributed by atoms with van der Waals surface area (Å²) in [6.07, 6.45) is 1.73. The van der Waals surface area contributed by atoms with Gasteiger partial charge in [-0.15, -0.1) is 0 Å². The van der Waals surface area contributed by atoms with Crippen molar-refractivity contribution in [3.8, 4) is 17.2 Å². The third-order valence-corrected chi connectivity index (χ3v) is 3.28. The number of hydrogen-bond donors (Lipinski definition) is 1. The molecule has 1 amide bonds. The second kappa shape index (κ2) is 6.40. The molecule has 1 aromatic heterocycles. The second-order valence-electron chi connectivity index (χ2n) is 6.16. The molecule has 0 aliphatic rings. The molecule has 112 valence electrons. The molecule has 4 nitrogen and oxygen atoms in total. The molecule has 0 radical (unpaired) electrons. The lowest BCUT2D eigenvalue weighted by Crippen LogP contribution is -2.34. The van der Waals surface area contributed by atoms with Gasteiger partial charge in [0.15, 0.2) is 0 Å². The Hall–Kier alpha value is -2.67. The molecule has 0 saturated carbocycles. The van der Waals surface area contributed by atoms with Gasteiger partial charge >= 0.3 is 0 Å². The summed E-state index contributed by atoms with van der Waals surface area (Å²) in [5.74, 6) is -0.00178. The molecule has 2 rings (SSSR count). The van der Waals surface area contributed by atoms with Crippen LogP contribution in [0.1, 0.15) is 32.0 Å². The van der Waals surface area contributed by atoms with Gasteiger partial charge in [0.25, 0.3) is 0 Å². The fourth-order valence-electron chi connectivity index (χ4n) is 1.93. The van der Waals surface area contributed by atoms with Crippen LogP contribution in [-0.2, 0) is 11.3 Å². The number of nitrogens with zero attached hydrogens (tertiary/aromatic N) is 2. The SMILES string of the molecule is CC(C)(C)C(=O)NCc1cc(-c2ccc(C#N)cc2)ccn1. The summed E-state index contributed by atoms with van der Waals surface area (Å²) in [4.78, 5) is 16.2. The van der Waals surface area contributed by atoms with Crippen molar-refractivity contribution in [1.82, 2.24) is 10.3 Å². The molecule has 0 fully saturated rings. The van der Waals surface area contributed by atoms with Crippen LogP contribution in [0.4, 0.5) is 0 Å². The lowest BCUT2D eigenvalue weighted by atomic mass is 9.96. The monoisotopic (exact) mass is 293 g/mol. The Morgan fingerprint density at radius 1 is 1.18 bits per heavy atom. The summed E-state index contributed by atoms with van der Waals surface area (Å²) in [5.41, 5.74) is 3.06. The van der Waals surface area contributed by atoms with Gasteiger partial charge in [0, 0.05) is 11.6 Å². The van der Waals surface area contributed by atoms with Crippen LogP contribution in [0.5, 0.6) is 0 Å². The average molecular weight is 293 g/mol. The molecule has 0 spiro atoms. The summed E-state index contributed by atoms with van der Waals surface area (Å²) in [6, 6.07) is 13.4. The van der Waals surface area contributed by atoms with Gasteiger partial charge in [-0.3, -0.25) is 9.78 Å². The van der Waals surface area contributed by atoms with E-state index in [9.17, 15) is 4.79 Å². The Morgan fingerprint density at radius 3 is 2.45 bits per heavy atom. The van der Waals surface area contributed by atoms with Crippen molar-refractivity contribution in [3.05, 3.63) is 53.9 Å². The lowest BCUT2D eigenvalue weighted by Gasteiger charge is -2.17. The van der Waals surface area contributed by atoms with Crippen LogP contribution < -0.4 is 5.32 Å². The topological polar surface area (TPSA) is 65.8 Å². The van der Waals surface area contributed by atoms with Crippen molar-refractivity contribution in [2.45, 2.75) is 27.3 Å². The zero-order valence-electron chi connectivity index (χ0n) is 13.1. The molecular weight excluding hydrogens is 274 g/mol. The molecule has 1 aromatic carbocycles. The van der Waals surface area contributed by atoms with E-state index >= 15 is 0 Å². The number of benzene rings is 1. The van der Waals surface area contributed by atoms with E-state index in [4.69, 9.17) is 5.26 Å². The molecule has 0 unspecified atom stereocenters. The predicted molar refractivity (Wildman–Crippen MR) is 85.7 cm³/mol. The van der Waals surface area contributed by atoms with Crippen LogP contribution >= 0.6 is 0 Å². The molecule has 0 saturated heterocycles. The zero-order chi connectivity index (χ0) is 16.2. The number of aromatic nitrogens is 1. The van der Waals surface area contributed by atoms with Gasteiger partial charge in [-0.2, -0.15) is 5.26 Å². The molecule has 1 heterocycles. The Bertz CT molecular complexity index is 706. The van der Waals surface area contributed by atoms with Crippen molar-refractivity contribution < 1.29 is 4.79 Å². The average Bonchev–Trinajstić information content (AvgIpc) is 2.52. The molecule has 1 N–H and O–H groups in total. The first-order valence-electron chi connectivity index (χ1n) is 7.14. The van der Waals surface area contributed by atoms with Crippen LogP contribution in [0.15, 0.2) is 42.6 Å². The van der Waals surface area contributed by atoms with Crippen LogP contribution in [0.3, 0.4) is 0 Å². The Balaban J connectivity index is 2.13. The largest absolute Gasteiger partial charge is 0.350 e. The number of carbonyl (C=O) groups is 1. The molecule has 0 bridgehead atoms. The molecule has 0 atom stereocenters. The van der Waals surface area contributed by atoms with Crippen molar-refractivity contribution in [1.29, 1.82) is 5.26 Å². The second-order valence-corrected chi connectivity index (χ2v) is 6.16. The highest BCUT2D eigenvalue weighted by Gasteiger charge is 2.20. The third kappa shape index (κ3) is 3.92. The fraction of sp³-hybridized carbons (Fsp3) is 0.278. The van der Waals surface area contributed by atoms with E-state index in [2.05, 4.69) is 16.4 Å². The van der Waals surface area contributed by atoms with E-state index in [1.807, 2.05) is 45.0 Å². The highest BCUT2D eigenvalue weighted by atomic mass is 16.2. The van der Waals surface area contributed by atoms with Crippen LogP contribution in [-0.4, -0.2) is 10.9 Å². The van der Waals surface area contributed by atoms with E-state index < -0.39 is 5.41 Å². The molecule has 0 aliphatic heterocycles. The van der Waals surface area contributed by atoms with Crippen LogP contribution in [0, 0.1) is 16.7 Å². The van der Waals surface area contributed by atoms with Gasteiger partial charge in [-0.05, 0) is 35.4 Å². The Morgan fingerprint density at radius 2 is 1.86 bits per heavy atom. The number of carbonyl (C=O) groups excluding carboxylic acids is 1. The highest BCUT2D eigenvalue weighted by Crippen LogP contribution is 2.20. The standard InChI is InChI=1S/C18H19N3O/c1-18(2,3)17(22)21-12-16-10-15(8-9-20-16)14-6-4-13(11-19)5-7-14/h4-10H,12H2,1-3H3,(H,21,22). The predicted octanol–water partition coefficient (Wildman–Crippen LogP) is 3.28. The lowest BCUT2D eigenvalue weighted by molar-refractivity contribution is -0.128. The molecule has 0 aliphatic carbocycles. The van der Waals surface area contributed by atoms with Crippen molar-refractivity contribution in [2.75, 3.05) is 0 Å². The van der Waals surface area contributed by atoms with Gasteiger partial charge in [0.1, 0.15) is 0 Å². The maximum Gasteiger partial charge on any atom is 0.225 e. The number of pyridine rings is 1. The first-order valence-corrected chi connectivity index (χ1v) is 7.14. The maximum atomic E-state index is 11.9. The minimum absolute atomic E-state index is 0.00178. The molecule has 4 heteroatoms. The quantitative estimate of drug-likeness (QED) is 0.944. The van der Waals surface area contributed by atoms with Gasteiger partial charge in [-0.1, -0.05) is 32.9 Å². The number of nitrogens with one attached hydrogen (secondary N) is 1. The smallest absolute Gasteiger partial charge is 0.225 e. The Labute approximate surface area is 130 Å². The molecular formula is C18H19N3O. The normalized spacial score (nSPS) is 10.8. The van der Waals surface area contributed by atoms with Crippen molar-refractivity contribution in [2.24, 2.45) is 5.41 Å². The van der Waals surface area contributed by atoms with Crippen LogP contribution in [0.2, 0.25) is 0 Å². The first kappa shape index (κ1) is 15.7. The minimum atomic E-state index is -0.412. The van der Waals surface area contributed by atoms with E-state index in [0.29, 0.717) is 12.1 Å². The summed E-state index contributed by atoms with van der Waals surface area (Å²) in [5, 5.41) is 11.7. The maximum absolute atomic E-state index is 11.9. The Kier molecular flexibility index (Phi) is 4.57. The van der Waals surface area contributed by atoms with E-state index in [1.165, 1.54) is 0 Å². The van der Waals surface area contributed by atoms with E-state index in [0.717, 1.165) is 16.8 Å². The van der Waals surface area contributed by atoms with Gasteiger partial charge in [-0.25, -0.2) is 0 Å². The van der Waals surface area contributed by atoms with Crippen molar-refractivity contribution in [3.63, 3.8) is 0 Å².